The van der Waals surface area contributed by atoms with Gasteiger partial charge >= 0.3 is 12.3 Å². The van der Waals surface area contributed by atoms with Crippen LogP contribution in [-0.4, -0.2) is 66.7 Å². The molecule has 0 saturated carbocycles. The van der Waals surface area contributed by atoms with Crippen LogP contribution in [0.4, 0.5) is 18.3 Å². The molecule has 1 fully saturated rings. The molecule has 1 atom stereocenters. The first kappa shape index (κ1) is 33.2. The Morgan fingerprint density at radius 3 is 2.25 bits per heavy atom. The second-order valence-corrected chi connectivity index (χ2v) is 14.2. The summed E-state index contributed by atoms with van der Waals surface area (Å²) in [5.74, 6) is -2.11. The van der Waals surface area contributed by atoms with Crippen molar-refractivity contribution >= 4 is 38.4 Å². The molecule has 44 heavy (non-hydrogen) atoms. The van der Waals surface area contributed by atoms with E-state index in [4.69, 9.17) is 0 Å². The highest BCUT2D eigenvalue weighted by molar-refractivity contribution is 7.89. The number of anilines is 1. The molecule has 0 bridgehead atoms. The van der Waals surface area contributed by atoms with Crippen molar-refractivity contribution < 1.29 is 41.0 Å². The molecule has 1 aliphatic rings. The van der Waals surface area contributed by atoms with Gasteiger partial charge in [-0.05, 0) is 47.7 Å². The van der Waals surface area contributed by atoms with Gasteiger partial charge in [0.25, 0.3) is 0 Å². The molecule has 0 unspecified atom stereocenters. The first-order valence-electron chi connectivity index (χ1n) is 13.6. The van der Waals surface area contributed by atoms with E-state index in [1.807, 2.05) is 24.3 Å². The van der Waals surface area contributed by atoms with Crippen LogP contribution in [-0.2, 0) is 26.8 Å². The highest BCUT2D eigenvalue weighted by Gasteiger charge is 2.39. The van der Waals surface area contributed by atoms with E-state index in [9.17, 15) is 36.3 Å². The number of nitrogens with one attached hydrogen (secondary N) is 1. The molecule has 0 radical (unpaired) electrons. The molecule has 0 aliphatic carbocycles. The number of thiazole rings is 1. The normalized spacial score (nSPS) is 16.5. The number of hydrogen-bond donors (Lipinski definition) is 2. The Kier molecular flexibility index (Phi) is 9.61. The first-order chi connectivity index (χ1) is 20.4. The van der Waals surface area contributed by atoms with Crippen molar-refractivity contribution in [3.63, 3.8) is 0 Å². The maximum atomic E-state index is 13.7. The van der Waals surface area contributed by atoms with Gasteiger partial charge in [0.05, 0.1) is 16.6 Å². The molecular weight excluding hydrogens is 621 g/mol. The second-order valence-electron chi connectivity index (χ2n) is 11.4. The lowest BCUT2D eigenvalue weighted by Gasteiger charge is -2.40. The van der Waals surface area contributed by atoms with Crippen LogP contribution in [0.1, 0.15) is 53.7 Å². The lowest BCUT2D eigenvalue weighted by Crippen LogP contribution is -2.56. The van der Waals surface area contributed by atoms with Crippen molar-refractivity contribution in [1.82, 2.24) is 14.6 Å². The molecule has 0 spiro atoms. The summed E-state index contributed by atoms with van der Waals surface area (Å²) in [6.07, 6.45) is -5.15. The largest absolute Gasteiger partial charge is 0.573 e. The summed E-state index contributed by atoms with van der Waals surface area (Å²) in [4.78, 5) is 30.6. The van der Waals surface area contributed by atoms with Gasteiger partial charge in [0.2, 0.25) is 15.9 Å². The lowest BCUT2D eigenvalue weighted by atomic mass is 9.87. The Hall–Kier alpha value is -3.69. The highest BCUT2D eigenvalue weighted by Crippen LogP contribution is 2.32. The van der Waals surface area contributed by atoms with E-state index < -0.39 is 40.1 Å². The zero-order valence-corrected chi connectivity index (χ0v) is 26.1. The topological polar surface area (TPSA) is 129 Å². The number of benzene rings is 2. The van der Waals surface area contributed by atoms with E-state index in [-0.39, 0.29) is 47.8 Å². The number of piperazine rings is 1. The number of alkyl halides is 3. The maximum Gasteiger partial charge on any atom is 0.573 e. The number of carboxylic acid groups (broad SMARTS) is 1. The summed E-state index contributed by atoms with van der Waals surface area (Å²) in [7, 11) is -4.25. The van der Waals surface area contributed by atoms with Crippen LogP contribution in [0.2, 0.25) is 0 Å². The van der Waals surface area contributed by atoms with Crippen LogP contribution in [0.25, 0.3) is 0 Å². The van der Waals surface area contributed by atoms with Crippen LogP contribution >= 0.6 is 11.3 Å². The molecule has 238 valence electrons. The van der Waals surface area contributed by atoms with Gasteiger partial charge in [0, 0.05) is 32.6 Å². The van der Waals surface area contributed by atoms with Crippen molar-refractivity contribution in [2.24, 2.45) is 0 Å². The number of aryl methyl sites for hydroxylation is 1. The van der Waals surface area contributed by atoms with Crippen LogP contribution < -0.4 is 15.0 Å². The van der Waals surface area contributed by atoms with Crippen LogP contribution in [0.5, 0.6) is 5.75 Å². The molecule has 1 saturated heterocycles. The average Bonchev–Trinajstić information content (AvgIpc) is 3.33. The smallest absolute Gasteiger partial charge is 0.477 e. The molecule has 1 aromatic heterocycles. The van der Waals surface area contributed by atoms with Crippen molar-refractivity contribution in [3.8, 4) is 5.75 Å². The number of hydrogen-bond acceptors (Lipinski definition) is 8. The van der Waals surface area contributed by atoms with Crippen molar-refractivity contribution in [2.45, 2.75) is 63.4 Å². The van der Waals surface area contributed by atoms with Gasteiger partial charge < -0.3 is 20.1 Å². The van der Waals surface area contributed by atoms with Gasteiger partial charge in [-0.3, -0.25) is 4.79 Å². The number of ether oxygens (including phenoxy) is 1. The zero-order valence-electron chi connectivity index (χ0n) is 24.5. The minimum absolute atomic E-state index is 0.0313. The number of halogens is 3. The number of carbonyl (C=O) groups excluding carboxylic acids is 1. The summed E-state index contributed by atoms with van der Waals surface area (Å²) in [5.41, 5.74) is 2.29. The molecule has 4 rings (SSSR count). The van der Waals surface area contributed by atoms with Crippen molar-refractivity contribution in [1.29, 1.82) is 0 Å². The number of carbonyl (C=O) groups is 2. The number of rotatable bonds is 9. The minimum Gasteiger partial charge on any atom is -0.477 e. The third-order valence-corrected chi connectivity index (χ3v) is 10.2. The summed E-state index contributed by atoms with van der Waals surface area (Å²) in [6, 6.07) is 10.8. The van der Waals surface area contributed by atoms with Gasteiger partial charge in [-0.25, -0.2) is 18.2 Å². The summed E-state index contributed by atoms with van der Waals surface area (Å²) in [6.45, 7) is 8.19. The summed E-state index contributed by atoms with van der Waals surface area (Å²) < 4.78 is 70.1. The molecule has 2 aromatic carbocycles. The molecule has 2 N–H and O–H groups in total. The average molecular weight is 655 g/mol. The van der Waals surface area contributed by atoms with Gasteiger partial charge in [0.1, 0.15) is 10.6 Å². The maximum absolute atomic E-state index is 13.7. The lowest BCUT2D eigenvalue weighted by molar-refractivity contribution is -0.274. The fourth-order valence-electron chi connectivity index (χ4n) is 4.77. The number of sulfonamides is 1. The van der Waals surface area contributed by atoms with Crippen LogP contribution in [0, 0.1) is 6.92 Å². The summed E-state index contributed by atoms with van der Waals surface area (Å²) in [5, 5.41) is 12.7. The number of carboxylic acids is 1. The van der Waals surface area contributed by atoms with Gasteiger partial charge in [-0.15, -0.1) is 13.2 Å². The van der Waals surface area contributed by atoms with Crippen molar-refractivity contribution in [3.05, 3.63) is 70.2 Å². The molecule has 1 aliphatic heterocycles. The Labute approximate surface area is 257 Å². The fraction of sp³-hybridized carbons (Fsp3) is 0.414. The van der Waals surface area contributed by atoms with Crippen LogP contribution in [0.15, 0.2) is 53.4 Å². The minimum atomic E-state index is -4.93. The number of aromatic nitrogens is 1. The monoisotopic (exact) mass is 654 g/mol. The number of aromatic carboxylic acids is 1. The predicted molar refractivity (Wildman–Crippen MR) is 158 cm³/mol. The quantitative estimate of drug-likeness (QED) is 0.333. The first-order valence-corrected chi connectivity index (χ1v) is 15.9. The third kappa shape index (κ3) is 8.07. The number of nitrogens with zero attached hydrogens (tertiary/aromatic N) is 3. The Morgan fingerprint density at radius 2 is 1.70 bits per heavy atom. The van der Waals surface area contributed by atoms with Gasteiger partial charge in [-0.1, -0.05) is 56.4 Å². The zero-order chi connectivity index (χ0) is 32.4. The molecule has 3 aromatic rings. The Bertz CT molecular complexity index is 1600. The molecule has 15 heteroatoms. The van der Waals surface area contributed by atoms with E-state index in [1.165, 1.54) is 0 Å². The molecular formula is C29H33F3N4O6S2. The SMILES string of the molecule is Cc1nc(N2CCN(S(=O)(=O)c3ccc(OC(F)(F)F)cc3)[C@@H](CC(=O)NCc3ccc(C(C)(C)C)cc3)C2)sc1C(=O)O. The second kappa shape index (κ2) is 12.7. The fourth-order valence-corrected chi connectivity index (χ4v) is 7.32. The molecule has 1 amide bonds. The van der Waals surface area contributed by atoms with Crippen molar-refractivity contribution in [2.75, 3.05) is 24.5 Å². The van der Waals surface area contributed by atoms with E-state index in [2.05, 4.69) is 35.8 Å². The number of amides is 1. The van der Waals surface area contributed by atoms with E-state index in [0.717, 1.165) is 51.0 Å². The standard InChI is InChI=1S/C29H33F3N4O6S2/c1-18-25(26(38)39)43-27(34-18)35-13-14-36(44(40,41)23-11-9-22(10-12-23)42-29(30,31)32)21(17-35)15-24(37)33-16-19-5-7-20(8-6-19)28(2,3)4/h5-12,21H,13-17H2,1-4H3,(H,33,37)(H,38,39)/t21-/m0/s1. The highest BCUT2D eigenvalue weighted by atomic mass is 32.2. The molecule has 2 heterocycles. The van der Waals surface area contributed by atoms with E-state index in [0.29, 0.717) is 10.8 Å². The van der Waals surface area contributed by atoms with E-state index >= 15 is 0 Å². The van der Waals surface area contributed by atoms with E-state index in [1.54, 1.807) is 11.8 Å². The van der Waals surface area contributed by atoms with Crippen LogP contribution in [0.3, 0.4) is 0 Å². The molecule has 10 nitrogen and oxygen atoms in total. The predicted octanol–water partition coefficient (Wildman–Crippen LogP) is 4.93. The Morgan fingerprint density at radius 1 is 1.07 bits per heavy atom. The van der Waals surface area contributed by atoms with Gasteiger partial charge in [0.15, 0.2) is 5.13 Å². The Balaban J connectivity index is 1.54. The summed E-state index contributed by atoms with van der Waals surface area (Å²) >= 11 is 0.957. The van der Waals surface area contributed by atoms with Gasteiger partial charge in [-0.2, -0.15) is 4.31 Å². The third-order valence-electron chi connectivity index (χ3n) is 7.07.